The maximum Gasteiger partial charge on any atom is 0.123 e. The molecule has 2 aromatic carbocycles. The molecule has 6 atom stereocenters. The molecule has 0 aromatic heterocycles. The minimum absolute atomic E-state index is 0.108. The monoisotopic (exact) mass is 867 g/mol. The summed E-state index contributed by atoms with van der Waals surface area (Å²) in [4.78, 5) is 0. The van der Waals surface area contributed by atoms with Crippen LogP contribution < -0.4 is 0 Å². The molecule has 0 saturated heterocycles. The summed E-state index contributed by atoms with van der Waals surface area (Å²) in [5.41, 5.74) is -2.91. The lowest BCUT2D eigenvalue weighted by molar-refractivity contribution is -0.234. The molecule has 0 aliphatic rings. The first-order valence-electron chi connectivity index (χ1n) is 26.4. The highest BCUT2D eigenvalue weighted by atomic mass is 16.4. The summed E-state index contributed by atoms with van der Waals surface area (Å²) >= 11 is 0. The van der Waals surface area contributed by atoms with Crippen molar-refractivity contribution in [2.75, 3.05) is 0 Å². The van der Waals surface area contributed by atoms with Crippen LogP contribution in [0.4, 0.5) is 0 Å². The first kappa shape index (κ1) is 56.3. The molecule has 0 heterocycles. The van der Waals surface area contributed by atoms with Gasteiger partial charge in [0, 0.05) is 12.8 Å². The van der Waals surface area contributed by atoms with E-state index in [1.807, 2.05) is 60.7 Å². The summed E-state index contributed by atoms with van der Waals surface area (Å²) < 4.78 is 0. The van der Waals surface area contributed by atoms with Crippen LogP contribution in [-0.2, 0) is 12.8 Å². The molecule has 62 heavy (non-hydrogen) atoms. The van der Waals surface area contributed by atoms with Gasteiger partial charge in [-0.1, -0.05) is 280 Å². The summed E-state index contributed by atoms with van der Waals surface area (Å²) in [7, 11) is 0. The van der Waals surface area contributed by atoms with Crippen LogP contribution in [-0.4, -0.2) is 66.3 Å². The predicted octanol–water partition coefficient (Wildman–Crippen LogP) is 13.7. The van der Waals surface area contributed by atoms with Gasteiger partial charge in [-0.2, -0.15) is 0 Å². The minimum atomic E-state index is -2.16. The van der Waals surface area contributed by atoms with Gasteiger partial charge in [-0.3, -0.25) is 0 Å². The number of aliphatic hydroxyl groups excluding tert-OH is 4. The number of unbranched alkanes of at least 4 members (excludes halogenated alkanes) is 30. The third-order valence-electron chi connectivity index (χ3n) is 13.8. The standard InChI is InChI=1S/C56H98O6/c1-3-5-7-9-11-13-15-17-19-21-23-25-27-29-31-39-45-51(57)55(61,47-49-41-35-33-36-42-49)53(59)54(60)56(62,48-50-43-37-34-38-44-50)52(58)46-40-32-30-28-26-24-22-20-18-16-14-12-10-8-6-4-2/h33-38,41-44,51-54,57-62H,3-32,39-40,45-48H2,1-2H3/t51?,52?,53-,54-,55+,56+/m0/s1. The Morgan fingerprint density at radius 1 is 0.323 bits per heavy atom. The molecule has 0 saturated carbocycles. The third kappa shape index (κ3) is 24.5. The van der Waals surface area contributed by atoms with Gasteiger partial charge in [0.05, 0.1) is 12.2 Å². The Bertz CT molecular complexity index is 1160. The molecule has 2 rings (SSSR count). The van der Waals surface area contributed by atoms with Crippen molar-refractivity contribution in [3.05, 3.63) is 71.8 Å². The van der Waals surface area contributed by atoms with Crippen LogP contribution in [0.5, 0.6) is 0 Å². The number of benzene rings is 2. The Kier molecular flexibility index (Phi) is 33.1. The Labute approximate surface area is 381 Å². The van der Waals surface area contributed by atoms with Crippen molar-refractivity contribution in [1.82, 2.24) is 0 Å². The number of hydrogen-bond acceptors (Lipinski definition) is 6. The molecule has 0 fully saturated rings. The Morgan fingerprint density at radius 2 is 0.532 bits per heavy atom. The molecule has 6 heteroatoms. The second kappa shape index (κ2) is 36.4. The summed E-state index contributed by atoms with van der Waals surface area (Å²) in [6.07, 6.45) is 33.4. The van der Waals surface area contributed by atoms with Crippen molar-refractivity contribution in [2.45, 2.75) is 281 Å². The first-order chi connectivity index (χ1) is 30.2. The van der Waals surface area contributed by atoms with Gasteiger partial charge in [-0.05, 0) is 24.0 Å². The van der Waals surface area contributed by atoms with E-state index in [-0.39, 0.29) is 25.7 Å². The highest BCUT2D eigenvalue weighted by Gasteiger charge is 2.54. The molecule has 2 aromatic rings. The first-order valence-corrected chi connectivity index (χ1v) is 26.4. The van der Waals surface area contributed by atoms with Gasteiger partial charge in [0.15, 0.2) is 0 Å². The van der Waals surface area contributed by atoms with Crippen molar-refractivity contribution >= 4 is 0 Å². The predicted molar refractivity (Wildman–Crippen MR) is 263 cm³/mol. The maximum atomic E-state index is 12.3. The van der Waals surface area contributed by atoms with Crippen LogP contribution in [0.3, 0.4) is 0 Å². The van der Waals surface area contributed by atoms with Crippen LogP contribution in [0.1, 0.15) is 243 Å². The quantitative estimate of drug-likeness (QED) is 0.0369. The molecule has 6 N–H and O–H groups in total. The Morgan fingerprint density at radius 3 is 0.758 bits per heavy atom. The van der Waals surface area contributed by atoms with Gasteiger partial charge in [0.2, 0.25) is 0 Å². The van der Waals surface area contributed by atoms with E-state index in [0.29, 0.717) is 24.0 Å². The molecular formula is C56H98O6. The number of aliphatic hydroxyl groups is 6. The zero-order valence-corrected chi connectivity index (χ0v) is 40.2. The third-order valence-corrected chi connectivity index (χ3v) is 13.8. The second-order valence-electron chi connectivity index (χ2n) is 19.4. The largest absolute Gasteiger partial charge is 0.390 e. The highest BCUT2D eigenvalue weighted by Crippen LogP contribution is 2.35. The van der Waals surface area contributed by atoms with E-state index >= 15 is 0 Å². The van der Waals surface area contributed by atoms with E-state index < -0.39 is 35.6 Å². The SMILES string of the molecule is CCCCCCCCCCCCCCCCCCC(O)[C@](O)(Cc1ccccc1)[C@@H](O)[C@H](O)[C@@](O)(Cc1ccccc1)C(O)CCCCCCCCCCCCCCCCCC. The van der Waals surface area contributed by atoms with E-state index in [0.717, 1.165) is 38.5 Å². The Hall–Kier alpha value is -1.80. The fourth-order valence-electron chi connectivity index (χ4n) is 9.50. The molecule has 0 radical (unpaired) electrons. The van der Waals surface area contributed by atoms with Crippen molar-refractivity contribution in [2.24, 2.45) is 0 Å². The van der Waals surface area contributed by atoms with E-state index in [2.05, 4.69) is 13.8 Å². The fraction of sp³-hybridized carbons (Fsp3) is 0.786. The topological polar surface area (TPSA) is 121 Å². The summed E-state index contributed by atoms with van der Waals surface area (Å²) in [5.74, 6) is 0. The highest BCUT2D eigenvalue weighted by molar-refractivity contribution is 5.22. The van der Waals surface area contributed by atoms with E-state index in [4.69, 9.17) is 0 Å². The van der Waals surface area contributed by atoms with E-state index in [1.54, 1.807) is 0 Å². The molecule has 0 aliphatic carbocycles. The van der Waals surface area contributed by atoms with Gasteiger partial charge in [-0.15, -0.1) is 0 Å². The van der Waals surface area contributed by atoms with Crippen molar-refractivity contribution < 1.29 is 30.6 Å². The van der Waals surface area contributed by atoms with Crippen LogP contribution in [0.15, 0.2) is 60.7 Å². The lowest BCUT2D eigenvalue weighted by Crippen LogP contribution is -2.66. The second-order valence-corrected chi connectivity index (χ2v) is 19.4. The molecule has 0 aliphatic heterocycles. The van der Waals surface area contributed by atoms with Crippen molar-refractivity contribution in [3.8, 4) is 0 Å². The van der Waals surface area contributed by atoms with Gasteiger partial charge >= 0.3 is 0 Å². The molecule has 6 nitrogen and oxygen atoms in total. The van der Waals surface area contributed by atoms with Crippen molar-refractivity contribution in [1.29, 1.82) is 0 Å². The fourth-order valence-corrected chi connectivity index (χ4v) is 9.50. The van der Waals surface area contributed by atoms with E-state index in [1.165, 1.54) is 154 Å². The molecule has 2 unspecified atom stereocenters. The summed E-state index contributed by atoms with van der Waals surface area (Å²) in [5, 5.41) is 71.8. The summed E-state index contributed by atoms with van der Waals surface area (Å²) in [6.45, 7) is 4.54. The lowest BCUT2D eigenvalue weighted by Gasteiger charge is -2.46. The average molecular weight is 867 g/mol. The molecule has 0 bridgehead atoms. The smallest absolute Gasteiger partial charge is 0.123 e. The van der Waals surface area contributed by atoms with Crippen LogP contribution in [0.25, 0.3) is 0 Å². The van der Waals surface area contributed by atoms with Crippen LogP contribution >= 0.6 is 0 Å². The number of rotatable bonds is 43. The van der Waals surface area contributed by atoms with Gasteiger partial charge < -0.3 is 30.6 Å². The zero-order chi connectivity index (χ0) is 45.0. The van der Waals surface area contributed by atoms with Crippen LogP contribution in [0, 0.1) is 0 Å². The maximum absolute atomic E-state index is 12.3. The normalized spacial score (nSPS) is 15.8. The van der Waals surface area contributed by atoms with E-state index in [9.17, 15) is 30.6 Å². The molecule has 0 spiro atoms. The summed E-state index contributed by atoms with van der Waals surface area (Å²) in [6, 6.07) is 18.4. The van der Waals surface area contributed by atoms with Gasteiger partial charge in [0.25, 0.3) is 0 Å². The van der Waals surface area contributed by atoms with Crippen LogP contribution in [0.2, 0.25) is 0 Å². The van der Waals surface area contributed by atoms with Gasteiger partial charge in [-0.25, -0.2) is 0 Å². The average Bonchev–Trinajstić information content (AvgIpc) is 3.28. The molecular weight excluding hydrogens is 769 g/mol. The lowest BCUT2D eigenvalue weighted by atomic mass is 9.72. The minimum Gasteiger partial charge on any atom is -0.390 e. The zero-order valence-electron chi connectivity index (χ0n) is 40.2. The van der Waals surface area contributed by atoms with Crippen molar-refractivity contribution in [3.63, 3.8) is 0 Å². The Balaban J connectivity index is 1.88. The molecule has 358 valence electrons. The van der Waals surface area contributed by atoms with Gasteiger partial charge in [0.1, 0.15) is 23.4 Å². The number of hydrogen-bond donors (Lipinski definition) is 6. The molecule has 0 amide bonds.